The molecule has 0 unspecified atom stereocenters. The third-order valence-electron chi connectivity index (χ3n) is 9.75. The van der Waals surface area contributed by atoms with E-state index >= 15 is 0 Å². The number of aromatic nitrogens is 3. The highest BCUT2D eigenvalue weighted by molar-refractivity contribution is 6.32. The molecule has 0 N–H and O–H groups in total. The van der Waals surface area contributed by atoms with Crippen LogP contribution in [0.1, 0.15) is 0 Å². The van der Waals surface area contributed by atoms with E-state index in [4.69, 9.17) is 19.4 Å². The summed E-state index contributed by atoms with van der Waals surface area (Å²) in [6.07, 6.45) is 0. The molecule has 10 aromatic rings. The molecule has 4 nitrogen and oxygen atoms in total. The third kappa shape index (κ3) is 4.96. The minimum absolute atomic E-state index is 0.594. The van der Waals surface area contributed by atoms with Crippen molar-refractivity contribution in [3.05, 3.63) is 176 Å². The standard InChI is InChI=1S/C47H29N3O/c1-3-12-30(13-4-1)32-22-26-34(27-23-32)45-48-46(35-28-24-33(25-29-35)31-14-5-2-6-15-31)50-47(49-45)40-20-11-19-38-36-16-7-8-17-37(36)42-39-18-9-10-21-41(39)51-44(42)43(38)40/h1-29H. The Hall–Kier alpha value is -6.91. The smallest absolute Gasteiger partial charge is 0.164 e. The number of hydrogen-bond acceptors (Lipinski definition) is 4. The van der Waals surface area contributed by atoms with E-state index < -0.39 is 0 Å². The van der Waals surface area contributed by atoms with Gasteiger partial charge in [-0.05, 0) is 44.5 Å². The summed E-state index contributed by atoms with van der Waals surface area (Å²) in [5.74, 6) is 1.82. The first-order valence-electron chi connectivity index (χ1n) is 17.1. The predicted molar refractivity (Wildman–Crippen MR) is 209 cm³/mol. The Morgan fingerprint density at radius 3 is 1.33 bits per heavy atom. The first kappa shape index (κ1) is 29.0. The molecular formula is C47H29N3O. The highest BCUT2D eigenvalue weighted by Crippen LogP contribution is 2.44. The molecule has 238 valence electrons. The molecule has 0 bridgehead atoms. The largest absolute Gasteiger partial charge is 0.455 e. The van der Waals surface area contributed by atoms with E-state index in [9.17, 15) is 0 Å². The first-order valence-corrected chi connectivity index (χ1v) is 17.1. The van der Waals surface area contributed by atoms with Crippen LogP contribution in [0.15, 0.2) is 180 Å². The number of nitrogens with zero attached hydrogens (tertiary/aromatic N) is 3. The molecule has 0 saturated heterocycles. The second-order valence-corrected chi connectivity index (χ2v) is 12.8. The maximum Gasteiger partial charge on any atom is 0.164 e. The molecule has 0 saturated carbocycles. The summed E-state index contributed by atoms with van der Waals surface area (Å²) >= 11 is 0. The van der Waals surface area contributed by atoms with Crippen LogP contribution in [0.2, 0.25) is 0 Å². The lowest BCUT2D eigenvalue weighted by Crippen LogP contribution is -2.01. The van der Waals surface area contributed by atoms with Gasteiger partial charge in [-0.1, -0.05) is 170 Å². The first-order chi connectivity index (χ1) is 25.3. The molecule has 51 heavy (non-hydrogen) atoms. The molecule has 2 heterocycles. The third-order valence-corrected chi connectivity index (χ3v) is 9.75. The fourth-order valence-electron chi connectivity index (χ4n) is 7.27. The van der Waals surface area contributed by atoms with E-state index in [1.807, 2.05) is 24.3 Å². The summed E-state index contributed by atoms with van der Waals surface area (Å²) in [4.78, 5) is 15.5. The molecule has 0 aliphatic rings. The lowest BCUT2D eigenvalue weighted by atomic mass is 9.94. The van der Waals surface area contributed by atoms with Crippen molar-refractivity contribution in [1.82, 2.24) is 15.0 Å². The highest BCUT2D eigenvalue weighted by atomic mass is 16.3. The van der Waals surface area contributed by atoms with Gasteiger partial charge in [-0.2, -0.15) is 0 Å². The topological polar surface area (TPSA) is 51.8 Å². The zero-order chi connectivity index (χ0) is 33.7. The Morgan fingerprint density at radius 2 is 0.725 bits per heavy atom. The van der Waals surface area contributed by atoms with Gasteiger partial charge in [0.05, 0.1) is 0 Å². The molecule has 0 atom stereocenters. The second-order valence-electron chi connectivity index (χ2n) is 12.8. The number of para-hydroxylation sites is 1. The number of furan rings is 1. The van der Waals surface area contributed by atoms with Gasteiger partial charge >= 0.3 is 0 Å². The van der Waals surface area contributed by atoms with Crippen LogP contribution in [0.3, 0.4) is 0 Å². The Labute approximate surface area is 294 Å². The summed E-state index contributed by atoms with van der Waals surface area (Å²) in [7, 11) is 0. The van der Waals surface area contributed by atoms with Crippen molar-refractivity contribution in [1.29, 1.82) is 0 Å². The number of benzene rings is 8. The minimum atomic E-state index is 0.594. The van der Waals surface area contributed by atoms with Crippen molar-refractivity contribution in [3.63, 3.8) is 0 Å². The molecule has 0 radical (unpaired) electrons. The summed E-state index contributed by atoms with van der Waals surface area (Å²) in [6.45, 7) is 0. The molecule has 8 aromatic carbocycles. The molecule has 0 aliphatic heterocycles. The Morgan fingerprint density at radius 1 is 0.294 bits per heavy atom. The SMILES string of the molecule is c1ccc(-c2ccc(-c3nc(-c4ccc(-c5ccccc5)cc4)nc(-c4cccc5c6ccccc6c6c7ccccc7oc6c45)n3)cc2)cc1. The Bertz CT molecular complexity index is 2780. The molecule has 0 aliphatic carbocycles. The zero-order valence-corrected chi connectivity index (χ0v) is 27.5. The maximum absolute atomic E-state index is 6.70. The average molecular weight is 652 g/mol. The summed E-state index contributed by atoms with van der Waals surface area (Å²) < 4.78 is 6.70. The summed E-state index contributed by atoms with van der Waals surface area (Å²) in [5.41, 5.74) is 9.03. The van der Waals surface area contributed by atoms with E-state index in [0.717, 1.165) is 82.4 Å². The fourth-order valence-corrected chi connectivity index (χ4v) is 7.27. The predicted octanol–water partition coefficient (Wildman–Crippen LogP) is 12.4. The maximum atomic E-state index is 6.70. The second kappa shape index (κ2) is 11.9. The van der Waals surface area contributed by atoms with Crippen LogP contribution in [-0.2, 0) is 0 Å². The van der Waals surface area contributed by atoms with Gasteiger partial charge in [0.2, 0.25) is 0 Å². The lowest BCUT2D eigenvalue weighted by molar-refractivity contribution is 0.673. The van der Waals surface area contributed by atoms with Crippen LogP contribution >= 0.6 is 0 Å². The molecule has 4 heteroatoms. The van der Waals surface area contributed by atoms with Gasteiger partial charge in [-0.15, -0.1) is 0 Å². The van der Waals surface area contributed by atoms with Crippen LogP contribution in [0, 0.1) is 0 Å². The zero-order valence-electron chi connectivity index (χ0n) is 27.5. The monoisotopic (exact) mass is 651 g/mol. The summed E-state index contributed by atoms with van der Waals surface area (Å²) in [6, 6.07) is 60.9. The summed E-state index contributed by atoms with van der Waals surface area (Å²) in [5, 5.41) is 6.60. The number of hydrogen-bond donors (Lipinski definition) is 0. The molecular weight excluding hydrogens is 623 g/mol. The van der Waals surface area contributed by atoms with Gasteiger partial charge in [-0.3, -0.25) is 0 Å². The van der Waals surface area contributed by atoms with Gasteiger partial charge in [0.25, 0.3) is 0 Å². The molecule has 10 rings (SSSR count). The van der Waals surface area contributed by atoms with Gasteiger partial charge in [0, 0.05) is 32.8 Å². The number of rotatable bonds is 5. The van der Waals surface area contributed by atoms with Crippen molar-refractivity contribution in [2.75, 3.05) is 0 Å². The van der Waals surface area contributed by atoms with Gasteiger partial charge < -0.3 is 4.42 Å². The van der Waals surface area contributed by atoms with Crippen molar-refractivity contribution in [3.8, 4) is 56.4 Å². The van der Waals surface area contributed by atoms with Crippen LogP contribution < -0.4 is 0 Å². The molecule has 0 amide bonds. The fraction of sp³-hybridized carbons (Fsp3) is 0. The van der Waals surface area contributed by atoms with E-state index in [1.165, 1.54) is 0 Å². The molecule has 0 fully saturated rings. The van der Waals surface area contributed by atoms with Crippen LogP contribution in [0.5, 0.6) is 0 Å². The van der Waals surface area contributed by atoms with Crippen LogP contribution in [0.25, 0.3) is 99.9 Å². The highest BCUT2D eigenvalue weighted by Gasteiger charge is 2.21. The lowest BCUT2D eigenvalue weighted by Gasteiger charge is -2.13. The minimum Gasteiger partial charge on any atom is -0.455 e. The van der Waals surface area contributed by atoms with E-state index in [0.29, 0.717) is 17.5 Å². The number of fused-ring (bicyclic) bond motifs is 8. The normalized spacial score (nSPS) is 11.5. The molecule has 0 spiro atoms. The van der Waals surface area contributed by atoms with Crippen molar-refractivity contribution in [2.24, 2.45) is 0 Å². The molecule has 2 aromatic heterocycles. The quantitative estimate of drug-likeness (QED) is 0.174. The van der Waals surface area contributed by atoms with Crippen molar-refractivity contribution >= 4 is 43.5 Å². The van der Waals surface area contributed by atoms with Crippen LogP contribution in [-0.4, -0.2) is 15.0 Å². The Balaban J connectivity index is 1.21. The van der Waals surface area contributed by atoms with Gasteiger partial charge in [0.15, 0.2) is 17.5 Å². The van der Waals surface area contributed by atoms with Gasteiger partial charge in [0.1, 0.15) is 11.2 Å². The van der Waals surface area contributed by atoms with E-state index in [-0.39, 0.29) is 0 Å². The van der Waals surface area contributed by atoms with Crippen molar-refractivity contribution in [2.45, 2.75) is 0 Å². The van der Waals surface area contributed by atoms with E-state index in [2.05, 4.69) is 152 Å². The van der Waals surface area contributed by atoms with Crippen molar-refractivity contribution < 1.29 is 4.42 Å². The Kier molecular flexibility index (Phi) is 6.78. The van der Waals surface area contributed by atoms with Crippen LogP contribution in [0.4, 0.5) is 0 Å². The average Bonchev–Trinajstić information content (AvgIpc) is 3.61. The van der Waals surface area contributed by atoms with Gasteiger partial charge in [-0.25, -0.2) is 15.0 Å². The van der Waals surface area contributed by atoms with E-state index in [1.54, 1.807) is 0 Å².